The fraction of sp³-hybridized carbons (Fsp3) is 0.200. The maximum absolute atomic E-state index is 11.9. The zero-order valence-electron chi connectivity index (χ0n) is 15.2. The largest absolute Gasteiger partial charge is 0.497 e. The van der Waals surface area contributed by atoms with Gasteiger partial charge in [-0.1, -0.05) is 0 Å². The molecule has 0 bridgehead atoms. The summed E-state index contributed by atoms with van der Waals surface area (Å²) in [6.07, 6.45) is 7.14. The summed E-state index contributed by atoms with van der Waals surface area (Å²) in [4.78, 5) is 0. The maximum atomic E-state index is 11.9. The van der Waals surface area contributed by atoms with Gasteiger partial charge in [0.1, 0.15) is 23.7 Å². The van der Waals surface area contributed by atoms with E-state index in [9.17, 15) is 4.21 Å². The van der Waals surface area contributed by atoms with E-state index in [2.05, 4.69) is 15.9 Å². The van der Waals surface area contributed by atoms with Crippen molar-refractivity contribution >= 4 is 55.5 Å². The highest BCUT2D eigenvalue weighted by Gasteiger charge is 2.10. The lowest BCUT2D eigenvalue weighted by Crippen LogP contribution is -1.98. The molecule has 3 rings (SSSR count). The average Bonchev–Trinajstić information content (AvgIpc) is 3.13. The Bertz CT molecular complexity index is 1010. The summed E-state index contributed by atoms with van der Waals surface area (Å²) in [5.74, 6) is 1.38. The Morgan fingerprint density at radius 1 is 1.30 bits per heavy atom. The number of furan rings is 1. The molecule has 1 unspecified atom stereocenters. The molecular formula is C20H19BrO4S2. The molecule has 0 fully saturated rings. The third-order valence-electron chi connectivity index (χ3n) is 3.94. The van der Waals surface area contributed by atoms with Gasteiger partial charge in [0.05, 0.1) is 32.9 Å². The second kappa shape index (κ2) is 8.99. The molecule has 0 radical (unpaired) electrons. The van der Waals surface area contributed by atoms with Gasteiger partial charge in [0, 0.05) is 23.3 Å². The molecule has 1 atom stereocenters. The molecule has 1 aromatic heterocycles. The SMILES string of the molecule is COc1ccc(C=C(SC)S(C)=O)c(OCc2cc(Br)c3occc3c2)c1. The molecule has 142 valence electrons. The van der Waals surface area contributed by atoms with Gasteiger partial charge in [-0.2, -0.15) is 0 Å². The van der Waals surface area contributed by atoms with Crippen molar-refractivity contribution in [2.45, 2.75) is 6.61 Å². The summed E-state index contributed by atoms with van der Waals surface area (Å²) >= 11 is 5.00. The molecule has 27 heavy (non-hydrogen) atoms. The Morgan fingerprint density at radius 2 is 2.11 bits per heavy atom. The number of hydrogen-bond acceptors (Lipinski definition) is 5. The van der Waals surface area contributed by atoms with E-state index in [0.29, 0.717) is 18.1 Å². The number of benzene rings is 2. The topological polar surface area (TPSA) is 48.7 Å². The number of ether oxygens (including phenoxy) is 2. The first-order valence-corrected chi connectivity index (χ1v) is 11.6. The van der Waals surface area contributed by atoms with Crippen molar-refractivity contribution < 1.29 is 18.1 Å². The van der Waals surface area contributed by atoms with Crippen molar-refractivity contribution in [3.8, 4) is 11.5 Å². The van der Waals surface area contributed by atoms with E-state index in [-0.39, 0.29) is 0 Å². The molecule has 0 amide bonds. The van der Waals surface area contributed by atoms with Crippen LogP contribution in [0.1, 0.15) is 11.1 Å². The highest BCUT2D eigenvalue weighted by molar-refractivity contribution is 9.10. The van der Waals surface area contributed by atoms with E-state index >= 15 is 0 Å². The molecule has 7 heteroatoms. The normalized spacial score (nSPS) is 13.0. The van der Waals surface area contributed by atoms with Gasteiger partial charge < -0.3 is 13.9 Å². The minimum Gasteiger partial charge on any atom is -0.497 e. The third kappa shape index (κ3) is 4.78. The summed E-state index contributed by atoms with van der Waals surface area (Å²) in [7, 11) is 0.565. The first-order chi connectivity index (χ1) is 13.0. The molecule has 0 N–H and O–H groups in total. The molecule has 1 heterocycles. The van der Waals surface area contributed by atoms with Gasteiger partial charge in [-0.3, -0.25) is 4.21 Å². The summed E-state index contributed by atoms with van der Waals surface area (Å²) in [5, 5.41) is 1.01. The summed E-state index contributed by atoms with van der Waals surface area (Å²) in [6.45, 7) is 0.386. The summed E-state index contributed by atoms with van der Waals surface area (Å²) in [6, 6.07) is 11.6. The Kier molecular flexibility index (Phi) is 6.68. The molecule has 0 spiro atoms. The molecular weight excluding hydrogens is 448 g/mol. The van der Waals surface area contributed by atoms with Crippen molar-refractivity contribution in [3.05, 3.63) is 62.5 Å². The van der Waals surface area contributed by atoms with Crippen LogP contribution in [-0.4, -0.2) is 23.8 Å². The van der Waals surface area contributed by atoms with Crippen LogP contribution in [0.5, 0.6) is 11.5 Å². The van der Waals surface area contributed by atoms with Crippen LogP contribution >= 0.6 is 27.7 Å². The van der Waals surface area contributed by atoms with Crippen LogP contribution in [0.15, 0.2) is 55.8 Å². The van der Waals surface area contributed by atoms with Gasteiger partial charge >= 0.3 is 0 Å². The predicted molar refractivity (Wildman–Crippen MR) is 117 cm³/mol. The van der Waals surface area contributed by atoms with Gasteiger partial charge in [0.2, 0.25) is 0 Å². The fourth-order valence-corrected chi connectivity index (χ4v) is 4.71. The molecule has 0 saturated heterocycles. The number of rotatable bonds is 7. The van der Waals surface area contributed by atoms with Crippen molar-refractivity contribution in [2.24, 2.45) is 0 Å². The lowest BCUT2D eigenvalue weighted by Gasteiger charge is -2.12. The molecule has 0 aliphatic rings. The van der Waals surface area contributed by atoms with Crippen LogP contribution in [-0.2, 0) is 17.4 Å². The zero-order chi connectivity index (χ0) is 19.4. The minimum absolute atomic E-state index is 0.386. The van der Waals surface area contributed by atoms with E-state index in [0.717, 1.165) is 30.8 Å². The van der Waals surface area contributed by atoms with Crippen LogP contribution in [0.4, 0.5) is 0 Å². The number of methoxy groups -OCH3 is 1. The van der Waals surface area contributed by atoms with Gasteiger partial charge in [-0.05, 0) is 64.2 Å². The van der Waals surface area contributed by atoms with Crippen molar-refractivity contribution in [2.75, 3.05) is 19.6 Å². The van der Waals surface area contributed by atoms with Crippen molar-refractivity contribution in [1.82, 2.24) is 0 Å². The minimum atomic E-state index is -1.05. The van der Waals surface area contributed by atoms with Gasteiger partial charge in [-0.15, -0.1) is 11.8 Å². The number of fused-ring (bicyclic) bond motifs is 1. The summed E-state index contributed by atoms with van der Waals surface area (Å²) in [5.41, 5.74) is 2.69. The summed E-state index contributed by atoms with van der Waals surface area (Å²) < 4.78 is 30.4. The highest BCUT2D eigenvalue weighted by atomic mass is 79.9. The third-order valence-corrected chi connectivity index (χ3v) is 6.94. The predicted octanol–water partition coefficient (Wildman–Crippen LogP) is 5.82. The van der Waals surface area contributed by atoms with Crippen molar-refractivity contribution in [3.63, 3.8) is 0 Å². The van der Waals surface area contributed by atoms with Crippen LogP contribution in [0.2, 0.25) is 0 Å². The monoisotopic (exact) mass is 466 g/mol. The average molecular weight is 467 g/mol. The highest BCUT2D eigenvalue weighted by Crippen LogP contribution is 2.31. The quantitative estimate of drug-likeness (QED) is 0.438. The Balaban J connectivity index is 1.91. The number of halogens is 1. The molecule has 0 aliphatic carbocycles. The van der Waals surface area contributed by atoms with Gasteiger partial charge in [0.25, 0.3) is 0 Å². The van der Waals surface area contributed by atoms with Crippen molar-refractivity contribution in [1.29, 1.82) is 0 Å². The lowest BCUT2D eigenvalue weighted by molar-refractivity contribution is 0.303. The number of thioether (sulfide) groups is 1. The molecule has 2 aromatic carbocycles. The van der Waals surface area contributed by atoms with Gasteiger partial charge in [-0.25, -0.2) is 0 Å². The molecule has 4 nitrogen and oxygen atoms in total. The zero-order valence-corrected chi connectivity index (χ0v) is 18.4. The Labute approximate surface area is 173 Å². The first-order valence-electron chi connectivity index (χ1n) is 8.07. The van der Waals surface area contributed by atoms with Crippen LogP contribution in [0, 0.1) is 0 Å². The lowest BCUT2D eigenvalue weighted by atomic mass is 10.1. The Hall–Kier alpha value is -1.70. The Morgan fingerprint density at radius 3 is 2.81 bits per heavy atom. The fourth-order valence-electron chi connectivity index (χ4n) is 2.61. The van der Waals surface area contributed by atoms with Crippen LogP contribution in [0.25, 0.3) is 17.0 Å². The maximum Gasteiger partial charge on any atom is 0.148 e. The second-order valence-corrected chi connectivity index (χ2v) is 9.04. The molecule has 3 aromatic rings. The molecule has 0 saturated carbocycles. The van der Waals surface area contributed by atoms with E-state index < -0.39 is 10.8 Å². The molecule has 0 aliphatic heterocycles. The van der Waals surface area contributed by atoms with E-state index in [4.69, 9.17) is 13.9 Å². The smallest absolute Gasteiger partial charge is 0.148 e. The van der Waals surface area contributed by atoms with Crippen LogP contribution < -0.4 is 9.47 Å². The number of hydrogen-bond donors (Lipinski definition) is 0. The first kappa shape index (κ1) is 20.0. The second-order valence-electron chi connectivity index (χ2n) is 5.73. The van der Waals surface area contributed by atoms with E-state index in [1.165, 1.54) is 11.8 Å². The van der Waals surface area contributed by atoms with E-state index in [1.54, 1.807) is 19.6 Å². The van der Waals surface area contributed by atoms with Gasteiger partial charge in [0.15, 0.2) is 0 Å². The standard InChI is InChI=1S/C20H19BrO4S2/c1-23-16-5-4-14(10-19(26-2)27(3)22)18(11-16)25-12-13-8-15-6-7-24-20(15)17(21)9-13/h4-11H,12H2,1-3H3. The van der Waals surface area contributed by atoms with Crippen LogP contribution in [0.3, 0.4) is 0 Å². The van der Waals surface area contributed by atoms with E-state index in [1.807, 2.05) is 48.7 Å².